The fraction of sp³-hybridized carbons (Fsp3) is 0.270. The lowest BCUT2D eigenvalue weighted by molar-refractivity contribution is -0.137. The zero-order chi connectivity index (χ0) is 35.4. The van der Waals surface area contributed by atoms with Crippen LogP contribution in [0.5, 0.6) is 5.75 Å². The second-order valence-electron chi connectivity index (χ2n) is 12.0. The number of thiocarbonyl (C=S) groups is 1. The Balaban J connectivity index is 1.35. The molecule has 4 aromatic carbocycles. The van der Waals surface area contributed by atoms with E-state index in [-0.39, 0.29) is 35.8 Å². The topological polar surface area (TPSA) is 69.2 Å². The van der Waals surface area contributed by atoms with Gasteiger partial charge >= 0.3 is 12.2 Å². The van der Waals surface area contributed by atoms with Gasteiger partial charge in [0, 0.05) is 34.9 Å². The maximum absolute atomic E-state index is 14.8. The molecule has 50 heavy (non-hydrogen) atoms. The number of carbonyl (C=O) groups excluding carboxylic acids is 1. The Morgan fingerprint density at radius 3 is 2.14 bits per heavy atom. The average molecular weight is 741 g/mol. The van der Waals surface area contributed by atoms with E-state index in [0.717, 1.165) is 28.9 Å². The van der Waals surface area contributed by atoms with Gasteiger partial charge in [-0.3, -0.25) is 9.89 Å². The molecule has 0 bridgehead atoms. The van der Waals surface area contributed by atoms with Gasteiger partial charge in [0.05, 0.1) is 23.8 Å². The summed E-state index contributed by atoms with van der Waals surface area (Å²) in [5.74, 6) is 0.188. The molecule has 0 aromatic heterocycles. The van der Waals surface area contributed by atoms with Crippen LogP contribution in [0.3, 0.4) is 0 Å². The van der Waals surface area contributed by atoms with Crippen molar-refractivity contribution in [2.24, 2.45) is 4.99 Å². The number of ether oxygens (including phenoxy) is 1. The number of carbonyl (C=O) groups is 1. The van der Waals surface area contributed by atoms with Gasteiger partial charge < -0.3 is 20.3 Å². The number of amides is 2. The van der Waals surface area contributed by atoms with E-state index in [1.165, 1.54) is 6.07 Å². The normalized spacial score (nSPS) is 18.1. The monoisotopic (exact) mass is 739 g/mol. The highest BCUT2D eigenvalue weighted by molar-refractivity contribution is 7.80. The largest absolute Gasteiger partial charge is 0.493 e. The second-order valence-corrected chi connectivity index (χ2v) is 13.2. The molecule has 1 fully saturated rings. The van der Waals surface area contributed by atoms with Crippen LogP contribution in [-0.4, -0.2) is 52.5 Å². The number of likely N-dealkylation sites (tertiary alicyclic amines) is 1. The third kappa shape index (κ3) is 8.01. The minimum atomic E-state index is -4.59. The summed E-state index contributed by atoms with van der Waals surface area (Å²) in [7, 11) is 0. The van der Waals surface area contributed by atoms with Crippen molar-refractivity contribution in [3.8, 4) is 5.75 Å². The third-order valence-electron chi connectivity index (χ3n) is 8.68. The van der Waals surface area contributed by atoms with Gasteiger partial charge in [-0.05, 0) is 97.7 Å². The molecule has 2 unspecified atom stereocenters. The van der Waals surface area contributed by atoms with Crippen LogP contribution < -0.4 is 15.4 Å². The van der Waals surface area contributed by atoms with Crippen LogP contribution in [0.15, 0.2) is 102 Å². The maximum Gasteiger partial charge on any atom is 0.416 e. The molecule has 2 amide bonds. The van der Waals surface area contributed by atoms with Crippen molar-refractivity contribution < 1.29 is 22.7 Å². The Labute approximate surface area is 304 Å². The van der Waals surface area contributed by atoms with Crippen LogP contribution >= 0.6 is 35.4 Å². The van der Waals surface area contributed by atoms with Crippen LogP contribution in [-0.2, 0) is 6.18 Å². The van der Waals surface area contributed by atoms with E-state index in [1.54, 1.807) is 41.0 Å². The van der Waals surface area contributed by atoms with Gasteiger partial charge in [0.1, 0.15) is 17.6 Å². The molecule has 2 atom stereocenters. The lowest BCUT2D eigenvalue weighted by Gasteiger charge is -2.38. The number of para-hydroxylation sites is 1. The molecule has 1 saturated heterocycles. The minimum absolute atomic E-state index is 0.0205. The highest BCUT2D eigenvalue weighted by Crippen LogP contribution is 2.46. The number of rotatable bonds is 7. The summed E-state index contributed by atoms with van der Waals surface area (Å²) < 4.78 is 47.2. The Hall–Kier alpha value is -4.32. The molecule has 4 aromatic rings. The minimum Gasteiger partial charge on any atom is -0.493 e. The molecular weight excluding hydrogens is 706 g/mol. The Morgan fingerprint density at radius 2 is 1.54 bits per heavy atom. The number of nitrogens with zero attached hydrogens (tertiary/aromatic N) is 3. The van der Waals surface area contributed by atoms with Gasteiger partial charge in [-0.1, -0.05) is 65.7 Å². The summed E-state index contributed by atoms with van der Waals surface area (Å²) in [4.78, 5) is 23.2. The van der Waals surface area contributed by atoms with Gasteiger partial charge in [0.2, 0.25) is 0 Å². The molecule has 2 heterocycles. The van der Waals surface area contributed by atoms with Crippen LogP contribution in [0, 0.1) is 0 Å². The number of aliphatic imine (C=N–C) groups is 1. The summed E-state index contributed by atoms with van der Waals surface area (Å²) in [5.41, 5.74) is 1.81. The lowest BCUT2D eigenvalue weighted by atomic mass is 9.93. The van der Waals surface area contributed by atoms with Crippen molar-refractivity contribution in [1.82, 2.24) is 15.1 Å². The summed E-state index contributed by atoms with van der Waals surface area (Å²) in [6, 6.07) is 25.6. The van der Waals surface area contributed by atoms with Crippen molar-refractivity contribution >= 4 is 58.1 Å². The second kappa shape index (κ2) is 15.3. The Kier molecular flexibility index (Phi) is 10.9. The number of halogens is 5. The van der Waals surface area contributed by atoms with E-state index >= 15 is 0 Å². The van der Waals surface area contributed by atoms with Gasteiger partial charge in [-0.15, -0.1) is 0 Å². The molecule has 0 radical (unpaired) electrons. The van der Waals surface area contributed by atoms with E-state index in [4.69, 9.17) is 45.1 Å². The summed E-state index contributed by atoms with van der Waals surface area (Å²) in [6.45, 7) is 2.63. The number of hydrogen-bond donors (Lipinski definition) is 2. The van der Waals surface area contributed by atoms with Gasteiger partial charge in [0.25, 0.3) is 0 Å². The van der Waals surface area contributed by atoms with Crippen molar-refractivity contribution in [3.63, 3.8) is 0 Å². The molecule has 0 aliphatic carbocycles. The maximum atomic E-state index is 14.8. The molecule has 0 spiro atoms. The fourth-order valence-corrected chi connectivity index (χ4v) is 6.79. The molecular formula is C37H34Cl2F3N5O2S. The van der Waals surface area contributed by atoms with Crippen molar-refractivity contribution in [3.05, 3.63) is 129 Å². The number of hydrogen-bond acceptors (Lipinski definition) is 4. The molecule has 13 heteroatoms. The van der Waals surface area contributed by atoms with E-state index in [9.17, 15) is 18.0 Å². The number of piperidine rings is 1. The molecule has 0 saturated carbocycles. The predicted octanol–water partition coefficient (Wildman–Crippen LogP) is 9.53. The highest BCUT2D eigenvalue weighted by atomic mass is 35.5. The number of nitrogens with one attached hydrogen (secondary N) is 2. The Morgan fingerprint density at radius 1 is 0.920 bits per heavy atom. The molecule has 6 rings (SSSR count). The number of alkyl halides is 3. The zero-order valence-electron chi connectivity index (χ0n) is 27.0. The van der Waals surface area contributed by atoms with Gasteiger partial charge in [-0.25, -0.2) is 4.79 Å². The zero-order valence-corrected chi connectivity index (χ0v) is 29.3. The first-order valence-electron chi connectivity index (χ1n) is 16.2. The summed E-state index contributed by atoms with van der Waals surface area (Å²) in [5, 5.41) is 8.09. The predicted molar refractivity (Wildman–Crippen MR) is 195 cm³/mol. The van der Waals surface area contributed by atoms with Gasteiger partial charge in [-0.2, -0.15) is 13.2 Å². The van der Waals surface area contributed by atoms with E-state index < -0.39 is 23.8 Å². The SMILES string of the molecule is CCOc1cc(C(F)(F)F)ccc1C1=NC(c2ccc(Cl)cc2)C(c2ccc(Cl)cc2)N1C(=O)N1CCC(NC(=S)Nc2ccccc2)CC1. The van der Waals surface area contributed by atoms with E-state index in [2.05, 4.69) is 10.6 Å². The first-order chi connectivity index (χ1) is 24.0. The van der Waals surface area contributed by atoms with Crippen LogP contribution in [0.2, 0.25) is 10.0 Å². The third-order valence-corrected chi connectivity index (χ3v) is 9.40. The number of benzene rings is 4. The van der Waals surface area contributed by atoms with E-state index in [1.807, 2.05) is 54.6 Å². The first kappa shape index (κ1) is 35.5. The molecule has 2 aliphatic rings. The van der Waals surface area contributed by atoms with Crippen molar-refractivity contribution in [2.45, 2.75) is 44.1 Å². The van der Waals surface area contributed by atoms with Crippen molar-refractivity contribution in [1.29, 1.82) is 0 Å². The van der Waals surface area contributed by atoms with Crippen LogP contribution in [0.25, 0.3) is 0 Å². The number of urea groups is 1. The van der Waals surface area contributed by atoms with Crippen LogP contribution in [0.1, 0.15) is 54.1 Å². The summed E-state index contributed by atoms with van der Waals surface area (Å²) >= 11 is 18.1. The first-order valence-corrected chi connectivity index (χ1v) is 17.3. The molecule has 2 N–H and O–H groups in total. The number of amidine groups is 1. The molecule has 260 valence electrons. The average Bonchev–Trinajstić information content (AvgIpc) is 3.49. The standard InChI is InChI=1S/C37H34Cl2F3N5O2S/c1-2-49-31-22-25(37(40,41)42)12-17-30(31)34-45-32(23-8-13-26(38)14-9-23)33(24-10-15-27(39)16-11-24)47(34)36(48)46-20-18-29(19-21-46)44-35(50)43-28-6-4-3-5-7-28/h3-17,22,29,32-33H,2,18-21H2,1H3,(H2,43,44,50). The van der Waals surface area contributed by atoms with Crippen molar-refractivity contribution in [2.75, 3.05) is 25.0 Å². The van der Waals surface area contributed by atoms with E-state index in [0.29, 0.717) is 41.1 Å². The quantitative estimate of drug-likeness (QED) is 0.185. The highest BCUT2D eigenvalue weighted by Gasteiger charge is 2.45. The summed E-state index contributed by atoms with van der Waals surface area (Å²) in [6.07, 6.45) is -3.34. The van der Waals surface area contributed by atoms with Gasteiger partial charge in [0.15, 0.2) is 5.11 Å². The molecule has 2 aliphatic heterocycles. The fourth-order valence-electron chi connectivity index (χ4n) is 6.25. The molecule has 7 nitrogen and oxygen atoms in total. The smallest absolute Gasteiger partial charge is 0.416 e. The lowest BCUT2D eigenvalue weighted by Crippen LogP contribution is -2.52. The number of anilines is 1. The Bertz CT molecular complexity index is 1850. The van der Waals surface area contributed by atoms with Crippen LogP contribution in [0.4, 0.5) is 23.7 Å².